The van der Waals surface area contributed by atoms with Crippen molar-refractivity contribution in [1.82, 2.24) is 4.98 Å². The molecule has 0 saturated heterocycles. The van der Waals surface area contributed by atoms with Gasteiger partial charge in [0.1, 0.15) is 11.5 Å². The molecule has 0 saturated carbocycles. The minimum absolute atomic E-state index is 0. The summed E-state index contributed by atoms with van der Waals surface area (Å²) >= 11 is 0. The molecule has 5 heteroatoms. The molecule has 3 rings (SSSR count). The van der Waals surface area contributed by atoms with Crippen LogP contribution in [0.15, 0.2) is 73.1 Å². The third-order valence-electron chi connectivity index (χ3n) is 4.71. The maximum absolute atomic E-state index is 12.9. The minimum Gasteiger partial charge on any atom is -0.497 e. The number of hydrogen-bond donors (Lipinski definition) is 1. The summed E-state index contributed by atoms with van der Waals surface area (Å²) in [6, 6.07) is 11.2. The molecule has 0 bridgehead atoms. The van der Waals surface area contributed by atoms with E-state index in [1.165, 1.54) is 0 Å². The number of allylic oxidation sites excluding steroid dienone is 2. The lowest BCUT2D eigenvalue weighted by Gasteiger charge is -2.45. The number of nitrogens with two attached hydrogens (primary N) is 1. The lowest BCUT2D eigenvalue weighted by Crippen LogP contribution is -2.58. The van der Waals surface area contributed by atoms with Crippen LogP contribution in [-0.4, -0.2) is 17.9 Å². The van der Waals surface area contributed by atoms with Crippen molar-refractivity contribution in [3.8, 4) is 5.75 Å². The van der Waals surface area contributed by atoms with Gasteiger partial charge in [0.15, 0.2) is 0 Å². The van der Waals surface area contributed by atoms with Crippen LogP contribution >= 0.6 is 12.4 Å². The van der Waals surface area contributed by atoms with E-state index in [0.29, 0.717) is 5.75 Å². The third-order valence-corrected chi connectivity index (χ3v) is 4.71. The van der Waals surface area contributed by atoms with Crippen LogP contribution in [0, 0.1) is 0 Å². The summed E-state index contributed by atoms with van der Waals surface area (Å²) in [5, 5.41) is 0. The van der Waals surface area contributed by atoms with Gasteiger partial charge < -0.3 is 10.5 Å². The van der Waals surface area contributed by atoms with Crippen molar-refractivity contribution in [2.24, 2.45) is 5.73 Å². The molecule has 2 N–H and O–H groups in total. The zero-order chi connectivity index (χ0) is 17.2. The number of Topliss-reactive ketones (excluding diaryl/α,β-unsaturated/α-hetero) is 1. The van der Waals surface area contributed by atoms with E-state index in [-0.39, 0.29) is 18.2 Å². The molecule has 1 aromatic heterocycles. The van der Waals surface area contributed by atoms with E-state index in [1.807, 2.05) is 60.7 Å². The van der Waals surface area contributed by atoms with E-state index in [2.05, 4.69) is 4.98 Å². The molecule has 0 radical (unpaired) electrons. The van der Waals surface area contributed by atoms with Crippen molar-refractivity contribution in [1.29, 1.82) is 0 Å². The van der Waals surface area contributed by atoms with Crippen molar-refractivity contribution in [2.45, 2.75) is 17.9 Å². The summed E-state index contributed by atoms with van der Waals surface area (Å²) in [5.41, 5.74) is 6.46. The molecule has 0 fully saturated rings. The summed E-state index contributed by atoms with van der Waals surface area (Å²) < 4.78 is 5.34. The number of pyridine rings is 1. The number of halogens is 1. The summed E-state index contributed by atoms with van der Waals surface area (Å²) in [6.07, 6.45) is 10.9. The quantitative estimate of drug-likeness (QED) is 0.912. The Morgan fingerprint density at radius 3 is 2.40 bits per heavy atom. The van der Waals surface area contributed by atoms with Crippen LogP contribution in [0.5, 0.6) is 5.75 Å². The first-order valence-electron chi connectivity index (χ1n) is 7.76. The van der Waals surface area contributed by atoms with Gasteiger partial charge in [-0.05, 0) is 42.3 Å². The molecule has 25 heavy (non-hydrogen) atoms. The van der Waals surface area contributed by atoms with Crippen molar-refractivity contribution in [3.05, 3.63) is 84.2 Å². The van der Waals surface area contributed by atoms with Gasteiger partial charge in [0.2, 0.25) is 0 Å². The highest BCUT2D eigenvalue weighted by Crippen LogP contribution is 2.46. The van der Waals surface area contributed by atoms with Crippen LogP contribution in [0.2, 0.25) is 0 Å². The number of carbonyl (C=O) groups is 1. The van der Waals surface area contributed by atoms with Crippen LogP contribution < -0.4 is 10.5 Å². The van der Waals surface area contributed by atoms with E-state index in [9.17, 15) is 4.79 Å². The lowest BCUT2D eigenvalue weighted by atomic mass is 9.59. The third kappa shape index (κ3) is 2.88. The molecule has 0 spiro atoms. The number of nitrogens with zero attached hydrogens (tertiary/aromatic N) is 1. The van der Waals surface area contributed by atoms with E-state index >= 15 is 0 Å². The molecule has 1 heterocycles. The molecular weight excluding hydrogens is 336 g/mol. The van der Waals surface area contributed by atoms with Crippen LogP contribution in [0.1, 0.15) is 18.1 Å². The highest BCUT2D eigenvalue weighted by atomic mass is 35.5. The molecule has 4 nitrogen and oxygen atoms in total. The average molecular weight is 357 g/mol. The second-order valence-electron chi connectivity index (χ2n) is 5.92. The molecule has 2 atom stereocenters. The van der Waals surface area contributed by atoms with Crippen LogP contribution in [0.4, 0.5) is 0 Å². The normalized spacial score (nSPS) is 24.4. The molecule has 1 aromatic carbocycles. The molecule has 2 unspecified atom stereocenters. The fraction of sp³-hybridized carbons (Fsp3) is 0.200. The molecule has 0 amide bonds. The number of ether oxygens (including phenoxy) is 1. The van der Waals surface area contributed by atoms with Crippen LogP contribution in [0.25, 0.3) is 0 Å². The van der Waals surface area contributed by atoms with Crippen molar-refractivity contribution in [2.75, 3.05) is 7.11 Å². The molecular formula is C20H21ClN2O2. The monoisotopic (exact) mass is 356 g/mol. The maximum Gasteiger partial charge on any atom is 0.146 e. The number of hydrogen-bond acceptors (Lipinski definition) is 4. The van der Waals surface area contributed by atoms with Gasteiger partial charge in [-0.1, -0.05) is 36.4 Å². The van der Waals surface area contributed by atoms with Gasteiger partial charge in [-0.25, -0.2) is 0 Å². The van der Waals surface area contributed by atoms with Gasteiger partial charge in [0.05, 0.1) is 18.1 Å². The van der Waals surface area contributed by atoms with Gasteiger partial charge in [-0.15, -0.1) is 12.4 Å². The second-order valence-corrected chi connectivity index (χ2v) is 5.92. The Hall–Kier alpha value is -2.43. The molecule has 1 aliphatic carbocycles. The van der Waals surface area contributed by atoms with Crippen molar-refractivity contribution < 1.29 is 9.53 Å². The van der Waals surface area contributed by atoms with E-state index in [1.54, 1.807) is 26.4 Å². The van der Waals surface area contributed by atoms with E-state index in [4.69, 9.17) is 10.5 Å². The second kappa shape index (κ2) is 7.21. The predicted molar refractivity (Wildman–Crippen MR) is 101 cm³/mol. The Bertz CT molecular complexity index is 819. The Kier molecular flexibility index (Phi) is 5.45. The summed E-state index contributed by atoms with van der Waals surface area (Å²) in [6.45, 7) is 1.58. The summed E-state index contributed by atoms with van der Waals surface area (Å²) in [5.74, 6) is 0.656. The topological polar surface area (TPSA) is 65.2 Å². The average Bonchev–Trinajstić information content (AvgIpc) is 2.62. The van der Waals surface area contributed by atoms with Gasteiger partial charge in [0, 0.05) is 12.4 Å². The highest BCUT2D eigenvalue weighted by Gasteiger charge is 2.52. The number of benzene rings is 1. The van der Waals surface area contributed by atoms with Gasteiger partial charge in [-0.2, -0.15) is 0 Å². The zero-order valence-corrected chi connectivity index (χ0v) is 15.0. The molecule has 1 aliphatic rings. The van der Waals surface area contributed by atoms with Crippen LogP contribution in [0.3, 0.4) is 0 Å². The van der Waals surface area contributed by atoms with Crippen molar-refractivity contribution >= 4 is 18.2 Å². The fourth-order valence-corrected chi connectivity index (χ4v) is 3.44. The van der Waals surface area contributed by atoms with Gasteiger partial charge in [0.25, 0.3) is 0 Å². The van der Waals surface area contributed by atoms with Crippen molar-refractivity contribution in [3.63, 3.8) is 0 Å². The number of aromatic nitrogens is 1. The van der Waals surface area contributed by atoms with E-state index in [0.717, 1.165) is 11.1 Å². The largest absolute Gasteiger partial charge is 0.497 e. The number of methoxy groups -OCH3 is 1. The van der Waals surface area contributed by atoms with E-state index < -0.39 is 11.0 Å². The molecule has 0 aliphatic heterocycles. The zero-order valence-electron chi connectivity index (χ0n) is 14.2. The highest BCUT2D eigenvalue weighted by molar-refractivity contribution is 5.94. The molecule has 2 aromatic rings. The number of carbonyl (C=O) groups excluding carboxylic acids is 1. The lowest BCUT2D eigenvalue weighted by molar-refractivity contribution is -0.122. The first kappa shape index (κ1) is 18.9. The fourth-order valence-electron chi connectivity index (χ4n) is 3.44. The standard InChI is InChI=1S/C20H20N2O2.ClH/c1-15(23)19(17-6-5-7-18(14-17)24-2)10-3-4-11-20(19,21)16-8-12-22-13-9-16;/h3-14H,21H2,1-2H3;1H. The maximum atomic E-state index is 12.9. The SMILES string of the molecule is COc1cccc(C2(C(C)=O)C=CC=CC2(N)c2ccncc2)c1.Cl. The first-order valence-corrected chi connectivity index (χ1v) is 7.76. The Morgan fingerprint density at radius 2 is 1.76 bits per heavy atom. The summed E-state index contributed by atoms with van der Waals surface area (Å²) in [7, 11) is 1.61. The predicted octanol–water partition coefficient (Wildman–Crippen LogP) is 3.32. The minimum atomic E-state index is -1.02. The first-order chi connectivity index (χ1) is 11.5. The number of rotatable bonds is 4. The Morgan fingerprint density at radius 1 is 1.08 bits per heavy atom. The Labute approximate surface area is 153 Å². The Balaban J connectivity index is 0.00000225. The van der Waals surface area contributed by atoms with Gasteiger partial charge >= 0.3 is 0 Å². The summed E-state index contributed by atoms with van der Waals surface area (Å²) in [4.78, 5) is 16.9. The number of ketones is 1. The molecule has 130 valence electrons. The van der Waals surface area contributed by atoms with Gasteiger partial charge in [-0.3, -0.25) is 9.78 Å². The van der Waals surface area contributed by atoms with Crippen LogP contribution in [-0.2, 0) is 15.7 Å². The smallest absolute Gasteiger partial charge is 0.146 e.